The number of hydrogen-bond acceptors (Lipinski definition) is 29. The van der Waals surface area contributed by atoms with Gasteiger partial charge in [-0.3, -0.25) is 4.21 Å². The highest BCUT2D eigenvalue weighted by molar-refractivity contribution is 7.99. The first-order valence-electron chi connectivity index (χ1n) is 39.4. The summed E-state index contributed by atoms with van der Waals surface area (Å²) >= 11 is 3.43. The van der Waals surface area contributed by atoms with Crippen LogP contribution in [0.5, 0.6) is 46.5 Å². The number of aryl methyl sites for hydroxylation is 12. The fourth-order valence-corrected chi connectivity index (χ4v) is 19.0. The van der Waals surface area contributed by atoms with Gasteiger partial charge >= 0.3 is 0 Å². The molecule has 0 bridgehead atoms. The van der Waals surface area contributed by atoms with Crippen LogP contribution in [0.15, 0.2) is 171 Å². The molecule has 8 heterocycles. The summed E-state index contributed by atoms with van der Waals surface area (Å²) < 4.78 is 63.4. The molecule has 0 amide bonds. The van der Waals surface area contributed by atoms with Gasteiger partial charge in [0.15, 0.2) is 14.7 Å². The molecule has 620 valence electrons. The molecule has 16 rings (SSSR count). The minimum absolute atomic E-state index is 0.00739. The molecule has 0 saturated carbocycles. The number of hydrogen-bond donors (Lipinski definition) is 4. The molecule has 0 saturated heterocycles. The van der Waals surface area contributed by atoms with Crippen LogP contribution in [-0.2, 0) is 46.3 Å². The van der Waals surface area contributed by atoms with E-state index in [1.165, 1.54) is 6.08 Å². The molecule has 27 nitrogen and oxygen atoms in total. The number of aromatic nitrogens is 8. The number of thioether (sulfide) groups is 2. The van der Waals surface area contributed by atoms with E-state index in [1.807, 2.05) is 96.1 Å². The molecule has 0 radical (unpaired) electrons. The van der Waals surface area contributed by atoms with Crippen LogP contribution in [0.2, 0.25) is 0 Å². The van der Waals surface area contributed by atoms with E-state index in [-0.39, 0.29) is 28.4 Å². The van der Waals surface area contributed by atoms with E-state index in [2.05, 4.69) is 93.7 Å². The van der Waals surface area contributed by atoms with Gasteiger partial charge in [-0.25, -0.2) is 28.4 Å². The minimum atomic E-state index is -3.60. The van der Waals surface area contributed by atoms with Gasteiger partial charge in [-0.05, 0) is 320 Å². The highest BCUT2D eigenvalue weighted by Crippen LogP contribution is 2.45. The van der Waals surface area contributed by atoms with Crippen LogP contribution in [0.25, 0.3) is 6.08 Å². The number of sulfone groups is 1. The van der Waals surface area contributed by atoms with Crippen LogP contribution >= 0.6 is 23.5 Å². The van der Waals surface area contributed by atoms with Crippen molar-refractivity contribution in [3.63, 3.8) is 0 Å². The van der Waals surface area contributed by atoms with Crippen molar-refractivity contribution >= 4 is 96.8 Å². The Balaban J connectivity index is 0.000000143. The number of anilines is 8. The molecule has 4 aromatic heterocycles. The van der Waals surface area contributed by atoms with E-state index in [0.717, 1.165) is 127 Å². The molecule has 4 aliphatic rings. The molecule has 1 unspecified atom stereocenters. The standard InChI is InChI=1S/C25H21N5OS.C23H19N5O3S.C23H19N5O2S.C23H19N5OS/c1-16-13-19(5-3-11-26)14-17(2)22(16)31-24-23-21(6-4-12-32-23)29-25(30-24)28-20-9-7-18(15-27)8-10-20;1-14-10-17(13-25)11-15(2)20(14)31-22-21-19(4-3-9-32(21,29)30)27-23(28-22)26-18-7-5-16(12-24)6-8-18;1-14-10-17(13-25)11-15(2)20(14)30-22-21-19(4-3-9-31(21)29)27-23(28-22)26-18-7-5-16(12-24)6-8-18;1-14-10-17(13-25)11-15(2)20(14)29-22-21-19(4-3-9-30-21)27-23(28-22)26-18-7-5-16(12-24)6-8-18/h3,5,7-10,13-14H,4,6,12H2,1-2H3,(H,28,29,30);5-8,10-11H,3-4,9H2,1-2H3,(H,26,27,28);5-8,10-11H,3-4,9H2,1-2H3,(H,26,27,28);5-8,10-11H,3-4,9H2,1-2H3,(H,26,27,28)/b5-3+;;;. The number of allylic oxidation sites excluding steroid dienone is 1. The number of benzene rings is 8. The molecule has 12 aromatic rings. The van der Waals surface area contributed by atoms with E-state index in [1.54, 1.807) is 141 Å². The van der Waals surface area contributed by atoms with Gasteiger partial charge in [0.25, 0.3) is 0 Å². The Kier molecular flexibility index (Phi) is 28.1. The SMILES string of the molecule is Cc1cc(/C=C/C#N)cc(C)c1Oc1nc(Nc2ccc(C#N)cc2)nc2c1SCCC2.Cc1cc(C#N)cc(C)c1Oc1nc(Nc2ccc(C#N)cc2)nc2c1S(=O)(=O)CCC2.Cc1cc(C#N)cc(C)c1Oc1nc(Nc2ccc(C#N)cc2)nc2c1S(=O)CCC2.Cc1cc(C#N)cc(C)c1Oc1nc(Nc2ccc(C#N)cc2)nc2c1SCCC2. The number of nitrogens with zero attached hydrogens (tertiary/aromatic N) is 16. The van der Waals surface area contributed by atoms with E-state index in [0.29, 0.717) is 144 Å². The summed E-state index contributed by atoms with van der Waals surface area (Å²) in [5.41, 5.74) is 17.6. The van der Waals surface area contributed by atoms with E-state index < -0.39 is 20.6 Å². The second kappa shape index (κ2) is 40.1. The maximum Gasteiger partial charge on any atom is 0.243 e. The fourth-order valence-electron chi connectivity index (χ4n) is 14.1. The monoisotopic (exact) mass is 1730 g/mol. The molecule has 4 N–H and O–H groups in total. The molecule has 31 heteroatoms. The largest absolute Gasteiger partial charge is 0.437 e. The summed E-state index contributed by atoms with van der Waals surface area (Å²) in [5, 5.41) is 84.9. The Morgan fingerprint density at radius 2 is 0.672 bits per heavy atom. The van der Waals surface area contributed by atoms with Crippen LogP contribution in [-0.4, -0.2) is 75.5 Å². The Hall–Kier alpha value is -15.1. The third-order valence-electron chi connectivity index (χ3n) is 19.8. The topological polar surface area (TPSA) is 430 Å². The molecule has 125 heavy (non-hydrogen) atoms. The number of ether oxygens (including phenoxy) is 4. The number of fused-ring (bicyclic) bond motifs is 4. The first-order valence-corrected chi connectivity index (χ1v) is 44.4. The zero-order valence-corrected chi connectivity index (χ0v) is 72.4. The summed E-state index contributed by atoms with van der Waals surface area (Å²) in [6, 6.07) is 59.3. The van der Waals surface area contributed by atoms with Crippen LogP contribution < -0.4 is 40.2 Å². The molecule has 0 fully saturated rings. The summed E-state index contributed by atoms with van der Waals surface area (Å²) in [5.74, 6) is 7.82. The predicted octanol–water partition coefficient (Wildman–Crippen LogP) is 20.0. The molecular formula is C94H78N20O7S4. The second-order valence-corrected chi connectivity index (χ2v) is 35.0. The van der Waals surface area contributed by atoms with E-state index in [9.17, 15) is 28.4 Å². The average molecular weight is 1730 g/mol. The van der Waals surface area contributed by atoms with Crippen molar-refractivity contribution < 1.29 is 31.6 Å². The van der Waals surface area contributed by atoms with E-state index in [4.69, 9.17) is 55.2 Å². The third-order valence-corrected chi connectivity index (χ3v) is 25.6. The van der Waals surface area contributed by atoms with Crippen molar-refractivity contribution in [2.24, 2.45) is 0 Å². The minimum Gasteiger partial charge on any atom is -0.437 e. The normalized spacial score (nSPS) is 13.5. The highest BCUT2D eigenvalue weighted by atomic mass is 32.2. The van der Waals surface area contributed by atoms with Crippen molar-refractivity contribution in [3.05, 3.63) is 263 Å². The lowest BCUT2D eigenvalue weighted by Crippen LogP contribution is -2.20. The first-order chi connectivity index (χ1) is 60.4. The predicted molar refractivity (Wildman–Crippen MR) is 477 cm³/mol. The fraction of sp³-hybridized carbons (Fsp3) is 0.213. The molecule has 0 spiro atoms. The Morgan fingerprint density at radius 3 is 1.03 bits per heavy atom. The van der Waals surface area contributed by atoms with Crippen LogP contribution in [0.3, 0.4) is 0 Å². The second-order valence-electron chi connectivity index (χ2n) is 29.3. The summed E-state index contributed by atoms with van der Waals surface area (Å²) in [6.07, 6.45) is 9.53. The van der Waals surface area contributed by atoms with Crippen molar-refractivity contribution in [3.8, 4) is 95.1 Å². The van der Waals surface area contributed by atoms with Crippen LogP contribution in [0, 0.1) is 146 Å². The van der Waals surface area contributed by atoms with Gasteiger partial charge in [-0.15, -0.1) is 23.5 Å². The van der Waals surface area contributed by atoms with Gasteiger partial charge < -0.3 is 40.2 Å². The molecule has 0 aliphatic carbocycles. The quantitative estimate of drug-likeness (QED) is 0.0615. The van der Waals surface area contributed by atoms with Gasteiger partial charge in [-0.2, -0.15) is 62.0 Å². The van der Waals surface area contributed by atoms with Gasteiger partial charge in [-0.1, -0.05) is 0 Å². The van der Waals surface area contributed by atoms with E-state index >= 15 is 0 Å². The lowest BCUT2D eigenvalue weighted by atomic mass is 10.1. The summed E-state index contributed by atoms with van der Waals surface area (Å²) in [4.78, 5) is 39.2. The number of rotatable bonds is 17. The van der Waals surface area contributed by atoms with Crippen molar-refractivity contribution in [1.82, 2.24) is 39.9 Å². The zero-order chi connectivity index (χ0) is 88.4. The summed E-state index contributed by atoms with van der Waals surface area (Å²) in [6.45, 7) is 15.2. The van der Waals surface area contributed by atoms with Gasteiger partial charge in [0, 0.05) is 34.6 Å². The number of nitrogens with one attached hydrogen (secondary N) is 4. The van der Waals surface area contributed by atoms with Crippen molar-refractivity contribution in [1.29, 1.82) is 42.1 Å². The Morgan fingerprint density at radius 1 is 0.368 bits per heavy atom. The van der Waals surface area contributed by atoms with Gasteiger partial charge in [0.05, 0.1) is 137 Å². The molecule has 8 aromatic carbocycles. The van der Waals surface area contributed by atoms with Crippen LogP contribution in [0.4, 0.5) is 46.5 Å². The Bertz CT molecular complexity index is 6660. The molecular weight excluding hydrogens is 1650 g/mol. The summed E-state index contributed by atoms with van der Waals surface area (Å²) in [7, 11) is -4.84. The zero-order valence-electron chi connectivity index (χ0n) is 69.1. The first kappa shape index (κ1) is 87.7. The lowest BCUT2D eigenvalue weighted by molar-refractivity contribution is 0.435. The maximum absolute atomic E-state index is 12.8. The molecule has 4 aliphatic heterocycles. The third kappa shape index (κ3) is 21.6. The molecule has 1 atom stereocenters. The van der Waals surface area contributed by atoms with Gasteiger partial charge in [0.1, 0.15) is 27.9 Å². The van der Waals surface area contributed by atoms with Crippen LogP contribution in [0.1, 0.15) is 137 Å². The smallest absolute Gasteiger partial charge is 0.243 e. The van der Waals surface area contributed by atoms with Crippen molar-refractivity contribution in [2.45, 2.75) is 126 Å². The maximum atomic E-state index is 12.8. The average Bonchev–Trinajstić information content (AvgIpc) is 0.754. The number of nitriles is 8. The Labute approximate surface area is 734 Å². The van der Waals surface area contributed by atoms with Crippen molar-refractivity contribution in [2.75, 3.05) is 44.3 Å². The lowest BCUT2D eigenvalue weighted by Gasteiger charge is -2.20. The van der Waals surface area contributed by atoms with Gasteiger partial charge in [0.2, 0.25) is 47.3 Å². The highest BCUT2D eigenvalue weighted by Gasteiger charge is 2.33.